The number of amides is 1. The summed E-state index contributed by atoms with van der Waals surface area (Å²) in [7, 11) is 1.64. The van der Waals surface area contributed by atoms with Gasteiger partial charge in [-0.1, -0.05) is 42.5 Å². The van der Waals surface area contributed by atoms with Gasteiger partial charge < -0.3 is 14.6 Å². The van der Waals surface area contributed by atoms with Gasteiger partial charge in [-0.15, -0.1) is 0 Å². The predicted octanol–water partition coefficient (Wildman–Crippen LogP) is 3.60. The van der Waals surface area contributed by atoms with Gasteiger partial charge in [-0.25, -0.2) is 0 Å². The molecule has 3 rings (SSSR count). The molecule has 3 aromatic rings. The zero-order chi connectivity index (χ0) is 17.5. The van der Waals surface area contributed by atoms with Crippen LogP contribution in [0, 0.1) is 0 Å². The first-order chi connectivity index (χ1) is 12.3. The van der Waals surface area contributed by atoms with E-state index < -0.39 is 0 Å². The highest BCUT2D eigenvalue weighted by atomic mass is 16.5. The fraction of sp³-hybridized carbons (Fsp3) is 0.190. The summed E-state index contributed by atoms with van der Waals surface area (Å²) in [4.78, 5) is 12.8. The van der Waals surface area contributed by atoms with Gasteiger partial charge in [-0.05, 0) is 35.4 Å². The predicted molar refractivity (Wildman–Crippen MR) is 98.5 cm³/mol. The minimum Gasteiger partial charge on any atom is -0.497 e. The summed E-state index contributed by atoms with van der Waals surface area (Å²) in [5.74, 6) is 0.820. The van der Waals surface area contributed by atoms with Crippen LogP contribution in [0.15, 0.2) is 79.1 Å². The molecule has 0 saturated carbocycles. The fourth-order valence-corrected chi connectivity index (χ4v) is 2.78. The highest BCUT2D eigenvalue weighted by Gasteiger charge is 2.19. The fourth-order valence-electron chi connectivity index (χ4n) is 2.78. The zero-order valence-electron chi connectivity index (χ0n) is 14.3. The van der Waals surface area contributed by atoms with Crippen molar-refractivity contribution in [3.05, 3.63) is 90.3 Å². The number of ether oxygens (including phenoxy) is 1. The Balaban J connectivity index is 1.68. The van der Waals surface area contributed by atoms with Crippen LogP contribution in [-0.4, -0.2) is 17.6 Å². The highest BCUT2D eigenvalue weighted by Crippen LogP contribution is 2.16. The SMILES string of the molecule is COc1ccc(CNC(=O)[C@@H](Cc2ccccc2)n2cccc2)cc1. The first-order valence-electron chi connectivity index (χ1n) is 8.33. The molecule has 1 atom stereocenters. The van der Waals surface area contributed by atoms with Crippen molar-refractivity contribution in [1.82, 2.24) is 9.88 Å². The number of methoxy groups -OCH3 is 1. The molecule has 4 heteroatoms. The summed E-state index contributed by atoms with van der Waals surface area (Å²) < 4.78 is 7.11. The molecule has 128 valence electrons. The van der Waals surface area contributed by atoms with Crippen molar-refractivity contribution in [2.45, 2.75) is 19.0 Å². The lowest BCUT2D eigenvalue weighted by molar-refractivity contribution is -0.124. The van der Waals surface area contributed by atoms with E-state index in [-0.39, 0.29) is 11.9 Å². The monoisotopic (exact) mass is 334 g/mol. The van der Waals surface area contributed by atoms with Gasteiger partial charge in [-0.3, -0.25) is 4.79 Å². The average molecular weight is 334 g/mol. The summed E-state index contributed by atoms with van der Waals surface area (Å²) in [5.41, 5.74) is 2.18. The Kier molecular flexibility index (Phi) is 5.52. The Morgan fingerprint density at radius 3 is 2.28 bits per heavy atom. The number of nitrogens with one attached hydrogen (secondary N) is 1. The zero-order valence-corrected chi connectivity index (χ0v) is 14.3. The van der Waals surface area contributed by atoms with Crippen LogP contribution in [0.1, 0.15) is 17.2 Å². The number of rotatable bonds is 7. The molecule has 1 heterocycles. The number of aromatic nitrogens is 1. The first kappa shape index (κ1) is 16.8. The molecule has 0 aliphatic carbocycles. The summed E-state index contributed by atoms with van der Waals surface area (Å²) in [6, 6.07) is 21.4. The molecule has 4 nitrogen and oxygen atoms in total. The van der Waals surface area contributed by atoms with Gasteiger partial charge >= 0.3 is 0 Å². The maximum absolute atomic E-state index is 12.8. The van der Waals surface area contributed by atoms with Crippen LogP contribution in [0.3, 0.4) is 0 Å². The third-order valence-corrected chi connectivity index (χ3v) is 4.19. The third kappa shape index (κ3) is 4.51. The van der Waals surface area contributed by atoms with Crippen molar-refractivity contribution < 1.29 is 9.53 Å². The lowest BCUT2D eigenvalue weighted by Gasteiger charge is -2.19. The number of hydrogen-bond acceptors (Lipinski definition) is 2. The first-order valence-corrected chi connectivity index (χ1v) is 8.33. The average Bonchev–Trinajstić information content (AvgIpc) is 3.20. The Bertz CT molecular complexity index is 781. The van der Waals surface area contributed by atoms with Gasteiger partial charge in [0.05, 0.1) is 7.11 Å². The molecule has 1 N–H and O–H groups in total. The van der Waals surface area contributed by atoms with Crippen LogP contribution in [0.25, 0.3) is 0 Å². The van der Waals surface area contributed by atoms with E-state index in [1.54, 1.807) is 7.11 Å². The van der Waals surface area contributed by atoms with Crippen molar-refractivity contribution in [2.24, 2.45) is 0 Å². The van der Waals surface area contributed by atoms with Crippen LogP contribution in [0.4, 0.5) is 0 Å². The number of carbonyl (C=O) groups is 1. The van der Waals surface area contributed by atoms with E-state index in [0.29, 0.717) is 13.0 Å². The van der Waals surface area contributed by atoms with Gasteiger partial charge in [0.1, 0.15) is 11.8 Å². The molecule has 0 fully saturated rings. The second-order valence-corrected chi connectivity index (χ2v) is 5.90. The Morgan fingerprint density at radius 1 is 0.960 bits per heavy atom. The molecular formula is C21H22N2O2. The maximum atomic E-state index is 12.8. The minimum atomic E-state index is -0.268. The smallest absolute Gasteiger partial charge is 0.243 e. The van der Waals surface area contributed by atoms with Crippen LogP contribution < -0.4 is 10.1 Å². The van der Waals surface area contributed by atoms with Crippen LogP contribution in [-0.2, 0) is 17.8 Å². The molecule has 0 radical (unpaired) electrons. The van der Waals surface area contributed by atoms with Crippen molar-refractivity contribution in [3.8, 4) is 5.75 Å². The Labute approximate surface area is 148 Å². The maximum Gasteiger partial charge on any atom is 0.243 e. The van der Waals surface area contributed by atoms with Gasteiger partial charge in [0.2, 0.25) is 5.91 Å². The van der Waals surface area contributed by atoms with Crippen LogP contribution >= 0.6 is 0 Å². The quantitative estimate of drug-likeness (QED) is 0.717. The Hall–Kier alpha value is -3.01. The van der Waals surface area contributed by atoms with Crippen LogP contribution in [0.5, 0.6) is 5.75 Å². The molecule has 0 aliphatic rings. The molecule has 0 aliphatic heterocycles. The van der Waals surface area contributed by atoms with Crippen molar-refractivity contribution in [1.29, 1.82) is 0 Å². The number of carbonyl (C=O) groups excluding carboxylic acids is 1. The van der Waals surface area contributed by atoms with E-state index in [2.05, 4.69) is 5.32 Å². The van der Waals surface area contributed by atoms with Crippen molar-refractivity contribution >= 4 is 5.91 Å². The summed E-state index contributed by atoms with van der Waals surface area (Å²) in [6.45, 7) is 0.495. The van der Waals surface area contributed by atoms with E-state index in [9.17, 15) is 4.79 Å². The molecule has 0 spiro atoms. The molecule has 25 heavy (non-hydrogen) atoms. The highest BCUT2D eigenvalue weighted by molar-refractivity contribution is 5.80. The van der Waals surface area contributed by atoms with Gasteiger partial charge in [0.25, 0.3) is 0 Å². The second-order valence-electron chi connectivity index (χ2n) is 5.90. The number of nitrogens with zero attached hydrogens (tertiary/aromatic N) is 1. The van der Waals surface area contributed by atoms with Gasteiger partial charge in [-0.2, -0.15) is 0 Å². The number of benzene rings is 2. The van der Waals surface area contributed by atoms with E-state index in [1.807, 2.05) is 83.7 Å². The molecular weight excluding hydrogens is 312 g/mol. The summed E-state index contributed by atoms with van der Waals surface area (Å²) >= 11 is 0. The molecule has 1 aromatic heterocycles. The third-order valence-electron chi connectivity index (χ3n) is 4.19. The molecule has 0 saturated heterocycles. The summed E-state index contributed by atoms with van der Waals surface area (Å²) in [6.07, 6.45) is 4.52. The lowest BCUT2D eigenvalue weighted by Crippen LogP contribution is -2.33. The lowest BCUT2D eigenvalue weighted by atomic mass is 10.0. The summed E-state index contributed by atoms with van der Waals surface area (Å²) in [5, 5.41) is 3.04. The van der Waals surface area contributed by atoms with Crippen LogP contribution in [0.2, 0.25) is 0 Å². The number of hydrogen-bond donors (Lipinski definition) is 1. The Morgan fingerprint density at radius 2 is 1.64 bits per heavy atom. The molecule has 0 unspecified atom stereocenters. The van der Waals surface area contributed by atoms with Gasteiger partial charge in [0.15, 0.2) is 0 Å². The normalized spacial score (nSPS) is 11.7. The minimum absolute atomic E-state index is 0.0101. The molecule has 2 aromatic carbocycles. The van der Waals surface area contributed by atoms with E-state index in [0.717, 1.165) is 16.9 Å². The standard InChI is InChI=1S/C21H22N2O2/c1-25-19-11-9-18(10-12-19)16-22-21(24)20(23-13-5-6-14-23)15-17-7-3-2-4-8-17/h2-14,20H,15-16H2,1H3,(H,22,24)/t20-/m1/s1. The van der Waals surface area contributed by atoms with Gasteiger partial charge in [0, 0.05) is 25.4 Å². The van der Waals surface area contributed by atoms with E-state index in [4.69, 9.17) is 4.74 Å². The van der Waals surface area contributed by atoms with E-state index in [1.165, 1.54) is 0 Å². The van der Waals surface area contributed by atoms with Crippen molar-refractivity contribution in [2.75, 3.05) is 7.11 Å². The molecule has 0 bridgehead atoms. The second kappa shape index (κ2) is 8.20. The topological polar surface area (TPSA) is 43.3 Å². The largest absolute Gasteiger partial charge is 0.497 e. The van der Waals surface area contributed by atoms with E-state index >= 15 is 0 Å². The van der Waals surface area contributed by atoms with Crippen molar-refractivity contribution in [3.63, 3.8) is 0 Å². The molecule has 1 amide bonds.